The van der Waals surface area contributed by atoms with Crippen molar-refractivity contribution in [2.75, 3.05) is 6.61 Å². The van der Waals surface area contributed by atoms with Crippen molar-refractivity contribution in [1.29, 1.82) is 0 Å². The van der Waals surface area contributed by atoms with Gasteiger partial charge in [0.15, 0.2) is 0 Å². The van der Waals surface area contributed by atoms with E-state index >= 15 is 0 Å². The maximum atomic E-state index is 9.77. The molecular formula is C22H23NO2. The average Bonchev–Trinajstić information content (AvgIpc) is 3.03. The zero-order valence-corrected chi connectivity index (χ0v) is 14.3. The Morgan fingerprint density at radius 1 is 1.04 bits per heavy atom. The van der Waals surface area contributed by atoms with Crippen LogP contribution in [0.5, 0.6) is 5.75 Å². The van der Waals surface area contributed by atoms with E-state index in [9.17, 15) is 5.11 Å². The summed E-state index contributed by atoms with van der Waals surface area (Å²) in [6.07, 6.45) is 5.26. The zero-order valence-electron chi connectivity index (χ0n) is 14.3. The van der Waals surface area contributed by atoms with Crippen LogP contribution < -0.4 is 0 Å². The number of aromatic nitrogens is 1. The number of aromatic amines is 1. The molecule has 1 aliphatic carbocycles. The van der Waals surface area contributed by atoms with Gasteiger partial charge in [-0.3, -0.25) is 0 Å². The van der Waals surface area contributed by atoms with Crippen LogP contribution in [-0.4, -0.2) is 16.7 Å². The van der Waals surface area contributed by atoms with Crippen LogP contribution in [0, 0.1) is 0 Å². The Labute approximate surface area is 147 Å². The molecule has 3 nitrogen and oxygen atoms in total. The fourth-order valence-corrected chi connectivity index (χ4v) is 4.86. The molecule has 128 valence electrons. The first-order valence-corrected chi connectivity index (χ1v) is 9.28. The first-order chi connectivity index (χ1) is 12.3. The molecule has 0 bridgehead atoms. The van der Waals surface area contributed by atoms with Gasteiger partial charge in [-0.15, -0.1) is 0 Å². The maximum absolute atomic E-state index is 9.77. The van der Waals surface area contributed by atoms with Crippen LogP contribution in [0.2, 0.25) is 0 Å². The van der Waals surface area contributed by atoms with E-state index in [-0.39, 0.29) is 5.60 Å². The molecule has 2 aliphatic rings. The summed E-state index contributed by atoms with van der Waals surface area (Å²) >= 11 is 0. The monoisotopic (exact) mass is 333 g/mol. The molecule has 2 aromatic carbocycles. The molecular weight excluding hydrogens is 310 g/mol. The first-order valence-electron chi connectivity index (χ1n) is 9.28. The van der Waals surface area contributed by atoms with Crippen LogP contribution in [-0.2, 0) is 16.8 Å². The maximum Gasteiger partial charge on any atom is 0.115 e. The highest BCUT2D eigenvalue weighted by atomic mass is 16.5. The Morgan fingerprint density at radius 2 is 1.88 bits per heavy atom. The molecule has 1 spiro atoms. The van der Waals surface area contributed by atoms with Crippen LogP contribution in [0.1, 0.15) is 48.4 Å². The van der Waals surface area contributed by atoms with E-state index in [0.717, 1.165) is 38.7 Å². The largest absolute Gasteiger partial charge is 0.508 e. The van der Waals surface area contributed by atoms with E-state index in [1.165, 1.54) is 27.7 Å². The number of benzene rings is 2. The summed E-state index contributed by atoms with van der Waals surface area (Å²) in [7, 11) is 0. The van der Waals surface area contributed by atoms with E-state index in [4.69, 9.17) is 4.74 Å². The fourth-order valence-electron chi connectivity index (χ4n) is 4.86. The van der Waals surface area contributed by atoms with Gasteiger partial charge >= 0.3 is 0 Å². The fraction of sp³-hybridized carbons (Fsp3) is 0.364. The summed E-state index contributed by atoms with van der Waals surface area (Å²) in [6, 6.07) is 16.4. The predicted octanol–water partition coefficient (Wildman–Crippen LogP) is 5.00. The van der Waals surface area contributed by atoms with Crippen molar-refractivity contribution in [3.8, 4) is 5.75 Å². The molecule has 25 heavy (non-hydrogen) atoms. The van der Waals surface area contributed by atoms with Crippen molar-refractivity contribution >= 4 is 10.9 Å². The van der Waals surface area contributed by atoms with E-state index in [1.807, 2.05) is 12.1 Å². The van der Waals surface area contributed by atoms with Gasteiger partial charge in [-0.2, -0.15) is 0 Å². The Balaban J connectivity index is 1.47. The van der Waals surface area contributed by atoms with Gasteiger partial charge in [-0.05, 0) is 67.3 Å². The van der Waals surface area contributed by atoms with Gasteiger partial charge < -0.3 is 14.8 Å². The van der Waals surface area contributed by atoms with Crippen molar-refractivity contribution < 1.29 is 9.84 Å². The van der Waals surface area contributed by atoms with Crippen LogP contribution in [0.15, 0.2) is 48.5 Å². The molecule has 0 radical (unpaired) electrons. The molecule has 1 fully saturated rings. The lowest BCUT2D eigenvalue weighted by Crippen LogP contribution is -2.38. The third-order valence-corrected chi connectivity index (χ3v) is 6.13. The minimum absolute atomic E-state index is 0.153. The van der Waals surface area contributed by atoms with Gasteiger partial charge in [0.05, 0.1) is 12.3 Å². The van der Waals surface area contributed by atoms with E-state index in [2.05, 4.69) is 35.3 Å². The lowest BCUT2D eigenvalue weighted by Gasteiger charge is -2.42. The number of H-pyrrole nitrogens is 1. The summed E-state index contributed by atoms with van der Waals surface area (Å²) in [4.78, 5) is 3.68. The summed E-state index contributed by atoms with van der Waals surface area (Å²) in [5.74, 6) is 0.876. The quantitative estimate of drug-likeness (QED) is 0.658. The lowest BCUT2D eigenvalue weighted by atomic mass is 9.73. The van der Waals surface area contributed by atoms with Crippen molar-refractivity contribution in [2.45, 2.75) is 43.6 Å². The number of hydrogen-bond donors (Lipinski definition) is 2. The smallest absolute Gasteiger partial charge is 0.115 e. The third kappa shape index (κ3) is 2.37. The van der Waals surface area contributed by atoms with Gasteiger partial charge in [0.25, 0.3) is 0 Å². The van der Waals surface area contributed by atoms with Crippen LogP contribution >= 0.6 is 0 Å². The molecule has 2 heterocycles. The first kappa shape index (κ1) is 15.0. The number of rotatable bonds is 1. The Morgan fingerprint density at radius 3 is 2.72 bits per heavy atom. The van der Waals surface area contributed by atoms with Crippen LogP contribution in [0.3, 0.4) is 0 Å². The highest BCUT2D eigenvalue weighted by molar-refractivity contribution is 5.85. The summed E-state index contributed by atoms with van der Waals surface area (Å²) in [5, 5.41) is 11.1. The van der Waals surface area contributed by atoms with Crippen LogP contribution in [0.25, 0.3) is 10.9 Å². The Bertz CT molecular complexity index is 919. The number of aromatic hydroxyl groups is 1. The lowest BCUT2D eigenvalue weighted by molar-refractivity contribution is -0.0900. The number of phenolic OH excluding ortho intramolecular Hbond substituents is 1. The van der Waals surface area contributed by atoms with Crippen molar-refractivity contribution in [1.82, 2.24) is 4.98 Å². The van der Waals surface area contributed by atoms with Gasteiger partial charge in [0, 0.05) is 10.9 Å². The summed E-state index contributed by atoms with van der Waals surface area (Å²) in [6.45, 7) is 0.811. The normalized spacial score (nSPS) is 26.0. The second-order valence-corrected chi connectivity index (χ2v) is 7.49. The molecule has 5 rings (SSSR count). The SMILES string of the molecule is Oc1cccc(C2CCC3(CC2)OCCc2c3[nH]c3ccccc23)c1. The number of para-hydroxylation sites is 1. The van der Waals surface area contributed by atoms with Crippen molar-refractivity contribution in [3.63, 3.8) is 0 Å². The standard InChI is InChI=1S/C22H23NO2/c24-17-5-3-4-16(14-17)15-8-11-22(12-9-15)21-19(10-13-25-22)18-6-1-2-7-20(18)23-21/h1-7,14-15,23-24H,8-13H2. The highest BCUT2D eigenvalue weighted by Crippen LogP contribution is 2.49. The minimum Gasteiger partial charge on any atom is -0.508 e. The number of phenols is 1. The summed E-state index contributed by atoms with van der Waals surface area (Å²) < 4.78 is 6.39. The molecule has 2 N–H and O–H groups in total. The van der Waals surface area contributed by atoms with E-state index in [1.54, 1.807) is 6.07 Å². The van der Waals surface area contributed by atoms with Gasteiger partial charge in [-0.25, -0.2) is 0 Å². The molecule has 1 aliphatic heterocycles. The van der Waals surface area contributed by atoms with Crippen LogP contribution in [0.4, 0.5) is 0 Å². The zero-order chi connectivity index (χ0) is 16.9. The second kappa shape index (κ2) is 5.63. The molecule has 3 heteroatoms. The Hall–Kier alpha value is -2.26. The molecule has 0 saturated heterocycles. The highest BCUT2D eigenvalue weighted by Gasteiger charge is 2.43. The van der Waals surface area contributed by atoms with Crippen molar-refractivity contribution in [2.24, 2.45) is 0 Å². The third-order valence-electron chi connectivity index (χ3n) is 6.13. The number of ether oxygens (including phenoxy) is 1. The molecule has 1 aromatic heterocycles. The second-order valence-electron chi connectivity index (χ2n) is 7.49. The topological polar surface area (TPSA) is 45.2 Å². The summed E-state index contributed by atoms with van der Waals surface area (Å²) in [5.41, 5.74) is 5.10. The average molecular weight is 333 g/mol. The molecule has 1 saturated carbocycles. The minimum atomic E-state index is -0.153. The number of hydrogen-bond acceptors (Lipinski definition) is 2. The van der Waals surface area contributed by atoms with E-state index in [0.29, 0.717) is 11.7 Å². The number of fused-ring (bicyclic) bond motifs is 4. The molecule has 0 amide bonds. The molecule has 3 aromatic rings. The molecule has 0 unspecified atom stereocenters. The van der Waals surface area contributed by atoms with Gasteiger partial charge in [0.2, 0.25) is 0 Å². The van der Waals surface area contributed by atoms with E-state index < -0.39 is 0 Å². The Kier molecular flexibility index (Phi) is 3.39. The predicted molar refractivity (Wildman–Crippen MR) is 98.9 cm³/mol. The molecule has 0 atom stereocenters. The van der Waals surface area contributed by atoms with Gasteiger partial charge in [0.1, 0.15) is 11.4 Å². The van der Waals surface area contributed by atoms with Crippen molar-refractivity contribution in [3.05, 3.63) is 65.4 Å². The van der Waals surface area contributed by atoms with Gasteiger partial charge in [-0.1, -0.05) is 30.3 Å². The number of nitrogens with one attached hydrogen (secondary N) is 1.